The number of carbonyl (C=O) groups excluding carboxylic acids is 1. The number of rotatable bonds is 2. The molecule has 1 saturated heterocycles. The van der Waals surface area contributed by atoms with E-state index in [1.807, 2.05) is 26.0 Å². The number of likely N-dealkylation sites (tertiary alicyclic amines) is 1. The second-order valence-electron chi connectivity index (χ2n) is 4.85. The lowest BCUT2D eigenvalue weighted by Crippen LogP contribution is -2.37. The number of nitrogens with zero attached hydrogens (tertiary/aromatic N) is 1. The van der Waals surface area contributed by atoms with Crippen molar-refractivity contribution >= 4 is 5.91 Å². The van der Waals surface area contributed by atoms with Crippen molar-refractivity contribution in [1.29, 1.82) is 0 Å². The van der Waals surface area contributed by atoms with E-state index >= 15 is 0 Å². The van der Waals surface area contributed by atoms with Crippen LogP contribution in [0.4, 0.5) is 0 Å². The third-order valence-electron chi connectivity index (χ3n) is 3.32. The lowest BCUT2D eigenvalue weighted by molar-refractivity contribution is 0.0677. The number of hydrogen-bond acceptors (Lipinski definition) is 2. The predicted octanol–water partition coefficient (Wildman–Crippen LogP) is 1.90. The van der Waals surface area contributed by atoms with Gasteiger partial charge in [0.05, 0.1) is 12.6 Å². The van der Waals surface area contributed by atoms with Gasteiger partial charge in [-0.05, 0) is 38.8 Å². The maximum Gasteiger partial charge on any atom is 0.254 e. The summed E-state index contributed by atoms with van der Waals surface area (Å²) in [6, 6.07) is 5.90. The van der Waals surface area contributed by atoms with E-state index in [0.29, 0.717) is 0 Å². The number of benzene rings is 1. The van der Waals surface area contributed by atoms with Crippen LogP contribution in [0.5, 0.6) is 0 Å². The summed E-state index contributed by atoms with van der Waals surface area (Å²) in [4.78, 5) is 14.1. The molecule has 1 amide bonds. The Morgan fingerprint density at radius 1 is 1.35 bits per heavy atom. The maximum absolute atomic E-state index is 12.3. The topological polar surface area (TPSA) is 40.5 Å². The van der Waals surface area contributed by atoms with E-state index < -0.39 is 0 Å². The second kappa shape index (κ2) is 4.88. The quantitative estimate of drug-likeness (QED) is 0.847. The zero-order chi connectivity index (χ0) is 12.4. The summed E-state index contributed by atoms with van der Waals surface area (Å²) in [7, 11) is 0. The van der Waals surface area contributed by atoms with Crippen molar-refractivity contribution in [3.8, 4) is 0 Å². The third kappa shape index (κ3) is 2.50. The minimum absolute atomic E-state index is 0.00307. The summed E-state index contributed by atoms with van der Waals surface area (Å²) >= 11 is 0. The fraction of sp³-hybridized carbons (Fsp3) is 0.500. The molecule has 1 aromatic rings. The van der Waals surface area contributed by atoms with E-state index in [-0.39, 0.29) is 18.6 Å². The normalized spacial score (nSPS) is 19.7. The van der Waals surface area contributed by atoms with Crippen molar-refractivity contribution in [3.05, 3.63) is 34.9 Å². The first-order valence-corrected chi connectivity index (χ1v) is 6.12. The highest BCUT2D eigenvalue weighted by molar-refractivity contribution is 5.95. The lowest BCUT2D eigenvalue weighted by atomic mass is 10.1. The minimum Gasteiger partial charge on any atom is -0.394 e. The van der Waals surface area contributed by atoms with E-state index in [4.69, 9.17) is 0 Å². The monoisotopic (exact) mass is 233 g/mol. The molecule has 0 saturated carbocycles. The standard InChI is InChI=1S/C14H19NO2/c1-10-6-11(2)8-12(7-10)14(17)15-5-3-4-13(15)9-16/h6-8,13,16H,3-5,9H2,1-2H3/t13-/m1/s1. The highest BCUT2D eigenvalue weighted by atomic mass is 16.3. The van der Waals surface area contributed by atoms with Crippen LogP contribution in [0.1, 0.15) is 34.3 Å². The summed E-state index contributed by atoms with van der Waals surface area (Å²) in [6.45, 7) is 4.82. The van der Waals surface area contributed by atoms with Crippen LogP contribution in [-0.4, -0.2) is 35.1 Å². The Bertz CT molecular complexity index is 408. The molecule has 92 valence electrons. The molecule has 1 N–H and O–H groups in total. The molecular weight excluding hydrogens is 214 g/mol. The van der Waals surface area contributed by atoms with Crippen molar-refractivity contribution in [2.45, 2.75) is 32.7 Å². The van der Waals surface area contributed by atoms with Gasteiger partial charge >= 0.3 is 0 Å². The summed E-state index contributed by atoms with van der Waals surface area (Å²) in [5.74, 6) is 0.0494. The van der Waals surface area contributed by atoms with Gasteiger partial charge in [-0.15, -0.1) is 0 Å². The van der Waals surface area contributed by atoms with Gasteiger partial charge in [0.15, 0.2) is 0 Å². The average molecular weight is 233 g/mol. The van der Waals surface area contributed by atoms with Crippen molar-refractivity contribution < 1.29 is 9.90 Å². The number of aryl methyl sites for hydroxylation is 2. The number of aliphatic hydroxyl groups excluding tert-OH is 1. The van der Waals surface area contributed by atoms with Crippen LogP contribution in [0.2, 0.25) is 0 Å². The van der Waals surface area contributed by atoms with Crippen LogP contribution < -0.4 is 0 Å². The number of aliphatic hydroxyl groups is 1. The van der Waals surface area contributed by atoms with Crippen molar-refractivity contribution in [2.75, 3.05) is 13.2 Å². The lowest BCUT2D eigenvalue weighted by Gasteiger charge is -2.23. The fourth-order valence-corrected chi connectivity index (χ4v) is 2.56. The highest BCUT2D eigenvalue weighted by Gasteiger charge is 2.28. The van der Waals surface area contributed by atoms with E-state index in [0.717, 1.165) is 36.1 Å². The molecule has 2 rings (SSSR count). The molecule has 17 heavy (non-hydrogen) atoms. The van der Waals surface area contributed by atoms with Crippen molar-refractivity contribution in [3.63, 3.8) is 0 Å². The molecule has 1 atom stereocenters. The maximum atomic E-state index is 12.3. The SMILES string of the molecule is Cc1cc(C)cc(C(=O)N2CCC[C@@H]2CO)c1. The van der Waals surface area contributed by atoms with Gasteiger partial charge in [-0.3, -0.25) is 4.79 Å². The number of hydrogen-bond donors (Lipinski definition) is 1. The Balaban J connectivity index is 2.24. The van der Waals surface area contributed by atoms with E-state index in [2.05, 4.69) is 6.07 Å². The van der Waals surface area contributed by atoms with Crippen molar-refractivity contribution in [1.82, 2.24) is 4.90 Å². The van der Waals surface area contributed by atoms with Crippen LogP contribution in [0.15, 0.2) is 18.2 Å². The zero-order valence-electron chi connectivity index (χ0n) is 10.4. The molecule has 1 fully saturated rings. The fourth-order valence-electron chi connectivity index (χ4n) is 2.56. The predicted molar refractivity (Wildman–Crippen MR) is 67.1 cm³/mol. The zero-order valence-corrected chi connectivity index (χ0v) is 10.4. The Morgan fingerprint density at radius 2 is 2.00 bits per heavy atom. The molecule has 1 aliphatic heterocycles. The molecule has 1 aromatic carbocycles. The van der Waals surface area contributed by atoms with Crippen LogP contribution >= 0.6 is 0 Å². The summed E-state index contributed by atoms with van der Waals surface area (Å²) in [6.07, 6.45) is 1.90. The molecule has 0 spiro atoms. The molecule has 0 radical (unpaired) electrons. The molecule has 0 aliphatic carbocycles. The number of carbonyl (C=O) groups is 1. The van der Waals surface area contributed by atoms with Crippen LogP contribution in [0.25, 0.3) is 0 Å². The largest absolute Gasteiger partial charge is 0.394 e. The first-order valence-electron chi connectivity index (χ1n) is 6.12. The van der Waals surface area contributed by atoms with Gasteiger partial charge in [-0.1, -0.05) is 17.2 Å². The molecule has 3 nitrogen and oxygen atoms in total. The van der Waals surface area contributed by atoms with Gasteiger partial charge in [-0.2, -0.15) is 0 Å². The van der Waals surface area contributed by atoms with Gasteiger partial charge in [0.2, 0.25) is 0 Å². The van der Waals surface area contributed by atoms with E-state index in [1.165, 1.54) is 0 Å². The van der Waals surface area contributed by atoms with Crippen LogP contribution in [0, 0.1) is 13.8 Å². The van der Waals surface area contributed by atoms with Crippen LogP contribution in [-0.2, 0) is 0 Å². The van der Waals surface area contributed by atoms with E-state index in [9.17, 15) is 9.90 Å². The van der Waals surface area contributed by atoms with Gasteiger partial charge in [-0.25, -0.2) is 0 Å². The molecular formula is C14H19NO2. The summed E-state index contributed by atoms with van der Waals surface area (Å²) in [5.41, 5.74) is 2.95. The van der Waals surface area contributed by atoms with Gasteiger partial charge in [0.1, 0.15) is 0 Å². The smallest absolute Gasteiger partial charge is 0.254 e. The third-order valence-corrected chi connectivity index (χ3v) is 3.32. The molecule has 3 heteroatoms. The molecule has 1 aliphatic rings. The molecule has 1 heterocycles. The minimum atomic E-state index is 0.00307. The first kappa shape index (κ1) is 12.1. The Hall–Kier alpha value is -1.35. The molecule has 0 unspecified atom stereocenters. The second-order valence-corrected chi connectivity index (χ2v) is 4.85. The average Bonchev–Trinajstić information content (AvgIpc) is 2.74. The van der Waals surface area contributed by atoms with Crippen molar-refractivity contribution in [2.24, 2.45) is 0 Å². The summed E-state index contributed by atoms with van der Waals surface area (Å²) < 4.78 is 0. The Kier molecular flexibility index (Phi) is 3.48. The van der Waals surface area contributed by atoms with Crippen LogP contribution in [0.3, 0.4) is 0 Å². The van der Waals surface area contributed by atoms with Gasteiger partial charge < -0.3 is 10.0 Å². The first-order chi connectivity index (χ1) is 8.11. The number of amides is 1. The van der Waals surface area contributed by atoms with Gasteiger partial charge in [0, 0.05) is 12.1 Å². The molecule has 0 bridgehead atoms. The highest BCUT2D eigenvalue weighted by Crippen LogP contribution is 2.20. The summed E-state index contributed by atoms with van der Waals surface area (Å²) in [5, 5.41) is 9.25. The Morgan fingerprint density at radius 3 is 2.59 bits per heavy atom. The van der Waals surface area contributed by atoms with Gasteiger partial charge in [0.25, 0.3) is 5.91 Å². The Labute approximate surface area is 102 Å². The molecule has 0 aromatic heterocycles. The van der Waals surface area contributed by atoms with E-state index in [1.54, 1.807) is 4.90 Å².